The van der Waals surface area contributed by atoms with Gasteiger partial charge >= 0.3 is 0 Å². The number of piperidine rings is 1. The summed E-state index contributed by atoms with van der Waals surface area (Å²) >= 11 is 0. The van der Waals surface area contributed by atoms with Crippen molar-refractivity contribution in [2.45, 2.75) is 25.0 Å². The highest BCUT2D eigenvalue weighted by molar-refractivity contribution is 4.79. The molecule has 2 atom stereocenters. The zero-order valence-corrected chi connectivity index (χ0v) is 10.2. The molecule has 0 spiro atoms. The summed E-state index contributed by atoms with van der Waals surface area (Å²) in [5.41, 5.74) is 0. The van der Waals surface area contributed by atoms with Crippen LogP contribution in [0.15, 0.2) is 0 Å². The Morgan fingerprint density at radius 3 is 2.93 bits per heavy atom. The quantitative estimate of drug-likeness (QED) is 0.654. The van der Waals surface area contributed by atoms with Gasteiger partial charge in [-0.2, -0.15) is 0 Å². The Labute approximate surface area is 93.2 Å². The summed E-state index contributed by atoms with van der Waals surface area (Å²) in [7, 11) is 6.16. The van der Waals surface area contributed by atoms with E-state index in [0.29, 0.717) is 12.6 Å². The first-order valence-electron chi connectivity index (χ1n) is 5.85. The number of likely N-dealkylation sites (tertiary alicyclic amines) is 1. The van der Waals surface area contributed by atoms with Crippen LogP contribution in [-0.2, 0) is 0 Å². The van der Waals surface area contributed by atoms with Gasteiger partial charge in [-0.25, -0.2) is 0 Å². The Kier molecular flexibility index (Phi) is 5.53. The molecular formula is C11H25N3O. The van der Waals surface area contributed by atoms with Gasteiger partial charge < -0.3 is 15.3 Å². The lowest BCUT2D eigenvalue weighted by molar-refractivity contribution is 0.0750. The Morgan fingerprint density at radius 1 is 1.60 bits per heavy atom. The number of aliphatic hydroxyl groups excluding tert-OH is 1. The van der Waals surface area contributed by atoms with E-state index in [9.17, 15) is 5.11 Å². The number of rotatable bonds is 5. The lowest BCUT2D eigenvalue weighted by Gasteiger charge is -2.36. The minimum atomic E-state index is -0.257. The fraction of sp³-hybridized carbons (Fsp3) is 1.00. The molecule has 1 saturated heterocycles. The highest BCUT2D eigenvalue weighted by atomic mass is 16.3. The van der Waals surface area contributed by atoms with Crippen LogP contribution in [0, 0.1) is 0 Å². The molecule has 2 N–H and O–H groups in total. The second-order valence-corrected chi connectivity index (χ2v) is 4.71. The second kappa shape index (κ2) is 6.43. The maximum absolute atomic E-state index is 9.70. The molecule has 2 unspecified atom stereocenters. The van der Waals surface area contributed by atoms with Crippen molar-refractivity contribution in [3.05, 3.63) is 0 Å². The highest BCUT2D eigenvalue weighted by Crippen LogP contribution is 2.13. The van der Waals surface area contributed by atoms with Crippen LogP contribution in [0.5, 0.6) is 0 Å². The van der Waals surface area contributed by atoms with Crippen LogP contribution in [0.2, 0.25) is 0 Å². The third-order valence-electron chi connectivity index (χ3n) is 3.16. The number of nitrogens with zero attached hydrogens (tertiary/aromatic N) is 2. The molecule has 0 amide bonds. The summed E-state index contributed by atoms with van der Waals surface area (Å²) < 4.78 is 0. The molecule has 0 aromatic rings. The van der Waals surface area contributed by atoms with Gasteiger partial charge in [-0.05, 0) is 40.5 Å². The zero-order valence-electron chi connectivity index (χ0n) is 10.2. The smallest absolute Gasteiger partial charge is 0.0791 e. The summed E-state index contributed by atoms with van der Waals surface area (Å²) in [6.07, 6.45) is 2.27. The minimum absolute atomic E-state index is 0.257. The third kappa shape index (κ3) is 4.47. The Balaban J connectivity index is 2.28. The third-order valence-corrected chi connectivity index (χ3v) is 3.16. The predicted molar refractivity (Wildman–Crippen MR) is 63.1 cm³/mol. The molecule has 1 aliphatic rings. The minimum Gasteiger partial charge on any atom is -0.390 e. The van der Waals surface area contributed by atoms with Gasteiger partial charge in [-0.15, -0.1) is 0 Å². The number of nitrogens with one attached hydrogen (secondary N) is 1. The van der Waals surface area contributed by atoms with Gasteiger partial charge in [0, 0.05) is 25.7 Å². The van der Waals surface area contributed by atoms with Crippen molar-refractivity contribution in [2.24, 2.45) is 0 Å². The highest BCUT2D eigenvalue weighted by Gasteiger charge is 2.22. The van der Waals surface area contributed by atoms with E-state index in [0.717, 1.165) is 13.1 Å². The fourth-order valence-corrected chi connectivity index (χ4v) is 2.28. The van der Waals surface area contributed by atoms with Gasteiger partial charge in [0.15, 0.2) is 0 Å². The second-order valence-electron chi connectivity index (χ2n) is 4.71. The van der Waals surface area contributed by atoms with E-state index < -0.39 is 0 Å². The molecule has 1 rings (SSSR count). The Morgan fingerprint density at radius 2 is 2.33 bits per heavy atom. The maximum Gasteiger partial charge on any atom is 0.0791 e. The number of hydrogen-bond acceptors (Lipinski definition) is 4. The molecule has 0 aromatic heterocycles. The van der Waals surface area contributed by atoms with E-state index in [1.54, 1.807) is 0 Å². The van der Waals surface area contributed by atoms with Gasteiger partial charge in [-0.1, -0.05) is 0 Å². The van der Waals surface area contributed by atoms with Crippen molar-refractivity contribution in [2.75, 3.05) is 47.3 Å². The van der Waals surface area contributed by atoms with Gasteiger partial charge in [0.05, 0.1) is 6.10 Å². The Hall–Kier alpha value is -0.160. The monoisotopic (exact) mass is 215 g/mol. The van der Waals surface area contributed by atoms with E-state index in [2.05, 4.69) is 29.2 Å². The molecule has 1 fully saturated rings. The zero-order chi connectivity index (χ0) is 11.3. The molecule has 1 aliphatic heterocycles. The number of likely N-dealkylation sites (N-methyl/N-ethyl adjacent to an activating group) is 3. The van der Waals surface area contributed by atoms with Crippen LogP contribution >= 0.6 is 0 Å². The van der Waals surface area contributed by atoms with Crippen LogP contribution in [0.25, 0.3) is 0 Å². The van der Waals surface area contributed by atoms with Crippen LogP contribution in [-0.4, -0.2) is 74.4 Å². The topological polar surface area (TPSA) is 38.7 Å². The van der Waals surface area contributed by atoms with Gasteiger partial charge in [0.25, 0.3) is 0 Å². The molecule has 90 valence electrons. The molecule has 0 bridgehead atoms. The largest absolute Gasteiger partial charge is 0.390 e. The lowest BCUT2D eigenvalue weighted by Crippen LogP contribution is -2.48. The van der Waals surface area contributed by atoms with Gasteiger partial charge in [0.1, 0.15) is 0 Å². The van der Waals surface area contributed by atoms with E-state index >= 15 is 0 Å². The molecule has 1 heterocycles. The van der Waals surface area contributed by atoms with Crippen LogP contribution in [0.1, 0.15) is 12.8 Å². The van der Waals surface area contributed by atoms with E-state index in [-0.39, 0.29) is 6.10 Å². The summed E-state index contributed by atoms with van der Waals surface area (Å²) in [4.78, 5) is 4.66. The Bertz CT molecular complexity index is 177. The average Bonchev–Trinajstić information content (AvgIpc) is 2.18. The van der Waals surface area contributed by atoms with Crippen molar-refractivity contribution in [3.8, 4) is 0 Å². The number of aliphatic hydroxyl groups is 1. The van der Waals surface area contributed by atoms with Crippen LogP contribution in [0.4, 0.5) is 0 Å². The van der Waals surface area contributed by atoms with Crippen molar-refractivity contribution < 1.29 is 5.11 Å². The molecule has 4 nitrogen and oxygen atoms in total. The maximum atomic E-state index is 9.70. The molecule has 0 saturated carbocycles. The van der Waals surface area contributed by atoms with Crippen molar-refractivity contribution in [1.82, 2.24) is 15.1 Å². The molecule has 4 heteroatoms. The van der Waals surface area contributed by atoms with Gasteiger partial charge in [-0.3, -0.25) is 4.90 Å². The predicted octanol–water partition coefficient (Wildman–Crippen LogP) is -0.407. The molecule has 0 radical (unpaired) electrons. The summed E-state index contributed by atoms with van der Waals surface area (Å²) in [6, 6.07) is 0.607. The summed E-state index contributed by atoms with van der Waals surface area (Å²) in [5, 5.41) is 12.7. The normalized spacial score (nSPS) is 25.8. The molecule has 0 aromatic carbocycles. The molecule has 15 heavy (non-hydrogen) atoms. The average molecular weight is 215 g/mol. The van der Waals surface area contributed by atoms with Crippen LogP contribution < -0.4 is 5.32 Å². The SMILES string of the molecule is CNCC(O)CN(C)C1CCCN(C)C1. The van der Waals surface area contributed by atoms with Crippen molar-refractivity contribution in [3.63, 3.8) is 0 Å². The number of hydrogen-bond donors (Lipinski definition) is 2. The van der Waals surface area contributed by atoms with Crippen molar-refractivity contribution in [1.29, 1.82) is 0 Å². The first-order valence-corrected chi connectivity index (χ1v) is 5.85. The molecular weight excluding hydrogens is 190 g/mol. The van der Waals surface area contributed by atoms with Crippen molar-refractivity contribution >= 4 is 0 Å². The summed E-state index contributed by atoms with van der Waals surface area (Å²) in [5.74, 6) is 0. The first kappa shape index (κ1) is 12.9. The molecule has 0 aliphatic carbocycles. The van der Waals surface area contributed by atoms with E-state index in [4.69, 9.17) is 0 Å². The fourth-order valence-electron chi connectivity index (χ4n) is 2.28. The lowest BCUT2D eigenvalue weighted by atomic mass is 10.0. The first-order chi connectivity index (χ1) is 7.13. The standard InChI is InChI=1S/C11H25N3O/c1-12-7-11(15)9-14(3)10-5-4-6-13(2)8-10/h10-12,15H,4-9H2,1-3H3. The van der Waals surface area contributed by atoms with E-state index in [1.165, 1.54) is 19.4 Å². The summed E-state index contributed by atoms with van der Waals surface area (Å²) in [6.45, 7) is 3.78. The van der Waals surface area contributed by atoms with Crippen LogP contribution in [0.3, 0.4) is 0 Å². The van der Waals surface area contributed by atoms with E-state index in [1.807, 2.05) is 7.05 Å². The van der Waals surface area contributed by atoms with Gasteiger partial charge in [0.2, 0.25) is 0 Å².